The standard InChI is InChI=1S/C14H18O3/c15-14(6-1-2-7-14)11-4-5-12-13(10-11)17-9-3-8-16-12/h4-5,10,15H,1-3,6-9H2. The van der Waals surface area contributed by atoms with Gasteiger partial charge in [-0.15, -0.1) is 0 Å². The van der Waals surface area contributed by atoms with E-state index in [1.165, 1.54) is 0 Å². The highest BCUT2D eigenvalue weighted by molar-refractivity contribution is 5.45. The average Bonchev–Trinajstić information content (AvgIpc) is 2.65. The molecule has 0 radical (unpaired) electrons. The third-order valence-corrected chi connectivity index (χ3v) is 3.72. The van der Waals surface area contributed by atoms with Crippen LogP contribution in [-0.4, -0.2) is 18.3 Å². The van der Waals surface area contributed by atoms with Gasteiger partial charge in [-0.1, -0.05) is 18.9 Å². The van der Waals surface area contributed by atoms with Crippen molar-refractivity contribution in [2.75, 3.05) is 13.2 Å². The molecule has 1 saturated carbocycles. The lowest BCUT2D eigenvalue weighted by molar-refractivity contribution is 0.0442. The van der Waals surface area contributed by atoms with E-state index in [2.05, 4.69) is 0 Å². The Hall–Kier alpha value is -1.22. The summed E-state index contributed by atoms with van der Waals surface area (Å²) in [6.45, 7) is 1.39. The van der Waals surface area contributed by atoms with Crippen LogP contribution in [0.3, 0.4) is 0 Å². The van der Waals surface area contributed by atoms with Crippen LogP contribution >= 0.6 is 0 Å². The summed E-state index contributed by atoms with van der Waals surface area (Å²) in [6.07, 6.45) is 4.82. The summed E-state index contributed by atoms with van der Waals surface area (Å²) < 4.78 is 11.2. The van der Waals surface area contributed by atoms with Gasteiger partial charge in [0.05, 0.1) is 18.8 Å². The van der Waals surface area contributed by atoms with Crippen molar-refractivity contribution >= 4 is 0 Å². The monoisotopic (exact) mass is 234 g/mol. The molecule has 0 aromatic heterocycles. The van der Waals surface area contributed by atoms with Crippen LogP contribution in [0.1, 0.15) is 37.7 Å². The molecule has 1 aliphatic carbocycles. The first-order valence-electron chi connectivity index (χ1n) is 6.40. The Morgan fingerprint density at radius 3 is 2.41 bits per heavy atom. The fraction of sp³-hybridized carbons (Fsp3) is 0.571. The first-order chi connectivity index (χ1) is 8.28. The predicted molar refractivity (Wildman–Crippen MR) is 64.4 cm³/mol. The molecule has 1 fully saturated rings. The van der Waals surface area contributed by atoms with E-state index in [0.717, 1.165) is 49.2 Å². The summed E-state index contributed by atoms with van der Waals surface area (Å²) in [4.78, 5) is 0. The second-order valence-electron chi connectivity index (χ2n) is 4.95. The lowest BCUT2D eigenvalue weighted by Gasteiger charge is -2.23. The molecule has 0 atom stereocenters. The van der Waals surface area contributed by atoms with E-state index >= 15 is 0 Å². The van der Waals surface area contributed by atoms with Gasteiger partial charge >= 0.3 is 0 Å². The first-order valence-corrected chi connectivity index (χ1v) is 6.40. The second kappa shape index (κ2) is 4.22. The quantitative estimate of drug-likeness (QED) is 0.811. The van der Waals surface area contributed by atoms with Crippen LogP contribution in [0.25, 0.3) is 0 Å². The number of aliphatic hydroxyl groups is 1. The molecule has 0 spiro atoms. The maximum Gasteiger partial charge on any atom is 0.161 e. The Kier molecular flexibility index (Phi) is 2.71. The Morgan fingerprint density at radius 1 is 0.941 bits per heavy atom. The van der Waals surface area contributed by atoms with Crippen molar-refractivity contribution < 1.29 is 14.6 Å². The van der Waals surface area contributed by atoms with E-state index < -0.39 is 5.60 Å². The molecule has 3 rings (SSSR count). The van der Waals surface area contributed by atoms with Crippen molar-refractivity contribution in [3.63, 3.8) is 0 Å². The number of hydrogen-bond donors (Lipinski definition) is 1. The van der Waals surface area contributed by atoms with Crippen LogP contribution in [0.4, 0.5) is 0 Å². The van der Waals surface area contributed by atoms with Gasteiger partial charge in [-0.05, 0) is 30.5 Å². The molecular weight excluding hydrogens is 216 g/mol. The van der Waals surface area contributed by atoms with Gasteiger partial charge in [-0.2, -0.15) is 0 Å². The minimum absolute atomic E-state index is 0.648. The Morgan fingerprint density at radius 2 is 1.65 bits per heavy atom. The van der Waals surface area contributed by atoms with Gasteiger partial charge in [0, 0.05) is 6.42 Å². The minimum atomic E-state index is -0.648. The number of rotatable bonds is 1. The molecule has 1 aromatic carbocycles. The summed E-state index contributed by atoms with van der Waals surface area (Å²) in [5.74, 6) is 1.58. The van der Waals surface area contributed by atoms with Crippen molar-refractivity contribution in [2.45, 2.75) is 37.7 Å². The van der Waals surface area contributed by atoms with Crippen LogP contribution in [0, 0.1) is 0 Å². The molecule has 1 aliphatic heterocycles. The molecule has 1 heterocycles. The molecule has 0 bridgehead atoms. The van der Waals surface area contributed by atoms with Crippen LogP contribution in [-0.2, 0) is 5.60 Å². The highest BCUT2D eigenvalue weighted by Gasteiger charge is 2.33. The van der Waals surface area contributed by atoms with Crippen molar-refractivity contribution in [3.8, 4) is 11.5 Å². The van der Waals surface area contributed by atoms with E-state index in [1.807, 2.05) is 18.2 Å². The van der Waals surface area contributed by atoms with Crippen LogP contribution in [0.2, 0.25) is 0 Å². The largest absolute Gasteiger partial charge is 0.490 e. The fourth-order valence-corrected chi connectivity index (χ4v) is 2.70. The number of hydrogen-bond acceptors (Lipinski definition) is 3. The number of ether oxygens (including phenoxy) is 2. The SMILES string of the molecule is OC1(c2ccc3c(c2)OCCCO3)CCCC1. The second-order valence-corrected chi connectivity index (χ2v) is 4.95. The lowest BCUT2D eigenvalue weighted by Crippen LogP contribution is -2.20. The van der Waals surface area contributed by atoms with Gasteiger partial charge in [0.25, 0.3) is 0 Å². The third kappa shape index (κ3) is 2.00. The summed E-state index contributed by atoms with van der Waals surface area (Å²) in [6, 6.07) is 5.84. The normalized spacial score (nSPS) is 22.2. The van der Waals surface area contributed by atoms with E-state index in [1.54, 1.807) is 0 Å². The van der Waals surface area contributed by atoms with Gasteiger partial charge < -0.3 is 14.6 Å². The smallest absolute Gasteiger partial charge is 0.161 e. The molecule has 3 heteroatoms. The van der Waals surface area contributed by atoms with E-state index in [0.29, 0.717) is 13.2 Å². The zero-order valence-corrected chi connectivity index (χ0v) is 9.95. The van der Waals surface area contributed by atoms with Gasteiger partial charge in [0.15, 0.2) is 11.5 Å². The van der Waals surface area contributed by atoms with Crippen molar-refractivity contribution in [1.29, 1.82) is 0 Å². The van der Waals surface area contributed by atoms with Gasteiger partial charge in [0.1, 0.15) is 0 Å². The zero-order chi connectivity index (χ0) is 11.7. The molecule has 1 N–H and O–H groups in total. The van der Waals surface area contributed by atoms with Crippen molar-refractivity contribution in [2.24, 2.45) is 0 Å². The summed E-state index contributed by atoms with van der Waals surface area (Å²) in [7, 11) is 0. The Bertz CT molecular complexity index is 408. The Balaban J connectivity index is 1.94. The summed E-state index contributed by atoms with van der Waals surface area (Å²) in [5.41, 5.74) is 0.323. The Labute approximate surface area is 101 Å². The summed E-state index contributed by atoms with van der Waals surface area (Å²) >= 11 is 0. The molecule has 0 saturated heterocycles. The molecule has 1 aromatic rings. The molecule has 17 heavy (non-hydrogen) atoms. The fourth-order valence-electron chi connectivity index (χ4n) is 2.70. The van der Waals surface area contributed by atoms with E-state index in [-0.39, 0.29) is 0 Å². The predicted octanol–water partition coefficient (Wildman–Crippen LogP) is 2.61. The molecule has 0 amide bonds. The third-order valence-electron chi connectivity index (χ3n) is 3.72. The first kappa shape index (κ1) is 10.9. The molecular formula is C14H18O3. The average molecular weight is 234 g/mol. The van der Waals surface area contributed by atoms with Crippen molar-refractivity contribution in [1.82, 2.24) is 0 Å². The molecule has 92 valence electrons. The number of benzene rings is 1. The highest BCUT2D eigenvalue weighted by Crippen LogP contribution is 2.41. The topological polar surface area (TPSA) is 38.7 Å². The van der Waals surface area contributed by atoms with Gasteiger partial charge in [0.2, 0.25) is 0 Å². The van der Waals surface area contributed by atoms with E-state index in [4.69, 9.17) is 9.47 Å². The minimum Gasteiger partial charge on any atom is -0.490 e. The number of fused-ring (bicyclic) bond motifs is 1. The highest BCUT2D eigenvalue weighted by atomic mass is 16.5. The van der Waals surface area contributed by atoms with Crippen LogP contribution in [0.15, 0.2) is 18.2 Å². The van der Waals surface area contributed by atoms with Crippen LogP contribution in [0.5, 0.6) is 11.5 Å². The van der Waals surface area contributed by atoms with Gasteiger partial charge in [-0.3, -0.25) is 0 Å². The molecule has 2 aliphatic rings. The molecule has 0 unspecified atom stereocenters. The van der Waals surface area contributed by atoms with Crippen molar-refractivity contribution in [3.05, 3.63) is 23.8 Å². The lowest BCUT2D eigenvalue weighted by atomic mass is 9.92. The van der Waals surface area contributed by atoms with Gasteiger partial charge in [-0.25, -0.2) is 0 Å². The van der Waals surface area contributed by atoms with E-state index in [9.17, 15) is 5.11 Å². The zero-order valence-electron chi connectivity index (χ0n) is 9.95. The maximum atomic E-state index is 10.5. The van der Waals surface area contributed by atoms with Crippen LogP contribution < -0.4 is 9.47 Å². The molecule has 3 nitrogen and oxygen atoms in total. The summed E-state index contributed by atoms with van der Waals surface area (Å²) in [5, 5.41) is 10.5. The maximum absolute atomic E-state index is 10.5.